The van der Waals surface area contributed by atoms with Crippen molar-refractivity contribution in [1.82, 2.24) is 15.5 Å². The van der Waals surface area contributed by atoms with Crippen molar-refractivity contribution in [3.05, 3.63) is 33.8 Å². The molecule has 1 aromatic carbocycles. The molecule has 2 amide bonds. The van der Waals surface area contributed by atoms with Gasteiger partial charge in [-0.1, -0.05) is 52.4 Å². The van der Waals surface area contributed by atoms with Crippen molar-refractivity contribution in [1.29, 1.82) is 0 Å². The first-order valence-corrected chi connectivity index (χ1v) is 11.3. The monoisotopic (exact) mass is 458 g/mol. The quantitative estimate of drug-likeness (QED) is 0.479. The lowest BCUT2D eigenvalue weighted by molar-refractivity contribution is -0.121. The van der Waals surface area contributed by atoms with Crippen LogP contribution in [-0.4, -0.2) is 33.3 Å². The Morgan fingerprint density at radius 3 is 2.61 bits per heavy atom. The first kappa shape index (κ1) is 21.4. The van der Waals surface area contributed by atoms with E-state index in [9.17, 15) is 9.59 Å². The Balaban J connectivity index is 1.60. The lowest BCUT2D eigenvalue weighted by Gasteiger charge is -2.18. The molecule has 0 saturated heterocycles. The summed E-state index contributed by atoms with van der Waals surface area (Å²) < 4.78 is 0.654. The highest BCUT2D eigenvalue weighted by Crippen LogP contribution is 2.37. The van der Waals surface area contributed by atoms with Gasteiger partial charge in [0, 0.05) is 23.0 Å². The fourth-order valence-electron chi connectivity index (χ4n) is 2.69. The maximum Gasteiger partial charge on any atom is 0.233 e. The second-order valence-electron chi connectivity index (χ2n) is 6.63. The summed E-state index contributed by atoms with van der Waals surface area (Å²) in [5.41, 5.74) is 0.802. The number of benzene rings is 1. The van der Waals surface area contributed by atoms with Crippen molar-refractivity contribution >= 4 is 63.2 Å². The van der Waals surface area contributed by atoms with E-state index in [1.54, 1.807) is 30.0 Å². The summed E-state index contributed by atoms with van der Waals surface area (Å²) in [7, 11) is 0. The predicted octanol–water partition coefficient (Wildman–Crippen LogP) is 4.72. The summed E-state index contributed by atoms with van der Waals surface area (Å²) in [6.07, 6.45) is 1.98. The highest BCUT2D eigenvalue weighted by atomic mass is 35.5. The molecule has 0 spiro atoms. The maximum atomic E-state index is 12.6. The number of anilines is 1. The Labute approximate surface area is 182 Å². The topological polar surface area (TPSA) is 75.2 Å². The van der Waals surface area contributed by atoms with Crippen LogP contribution in [0, 0.1) is 0 Å². The number of carbonyl (C=O) groups is 2. The molecule has 1 aliphatic rings. The molecule has 150 valence electrons. The van der Waals surface area contributed by atoms with Crippen LogP contribution in [0.2, 0.25) is 10.0 Å². The number of hydrogen-bond donors (Lipinski definition) is 1. The molecule has 0 bridgehead atoms. The molecule has 2 atom stereocenters. The molecule has 0 radical (unpaired) electrons. The van der Waals surface area contributed by atoms with Gasteiger partial charge in [-0.05, 0) is 44.4 Å². The molecule has 2 aromatic rings. The lowest BCUT2D eigenvalue weighted by atomic mass is 10.1. The van der Waals surface area contributed by atoms with Crippen molar-refractivity contribution < 1.29 is 9.59 Å². The van der Waals surface area contributed by atoms with Gasteiger partial charge in [0.2, 0.25) is 16.9 Å². The van der Waals surface area contributed by atoms with Gasteiger partial charge >= 0.3 is 0 Å². The fraction of sp³-hybridized carbons (Fsp3) is 0.444. The number of thioether (sulfide) groups is 1. The average Bonchev–Trinajstić information content (AvgIpc) is 3.33. The lowest BCUT2D eigenvalue weighted by Crippen LogP contribution is -2.33. The van der Waals surface area contributed by atoms with Gasteiger partial charge < -0.3 is 5.32 Å². The smallest absolute Gasteiger partial charge is 0.233 e. The summed E-state index contributed by atoms with van der Waals surface area (Å²) in [6.45, 7) is 5.21. The number of halogens is 2. The normalized spacial score (nSPS) is 15.8. The minimum absolute atomic E-state index is 0.0327. The van der Waals surface area contributed by atoms with Gasteiger partial charge in [-0.2, -0.15) is 0 Å². The number of amides is 2. The second-order valence-corrected chi connectivity index (χ2v) is 10.0. The highest BCUT2D eigenvalue weighted by molar-refractivity contribution is 8.02. The molecule has 1 heterocycles. The SMILES string of the molecule is CC(=O)N(c1nnc(SC(C)C(=O)NC(C)c2ccc(Cl)cc2Cl)s1)C1CC1. The van der Waals surface area contributed by atoms with E-state index in [0.717, 1.165) is 18.4 Å². The van der Waals surface area contributed by atoms with E-state index >= 15 is 0 Å². The number of hydrogen-bond acceptors (Lipinski definition) is 6. The molecule has 3 rings (SSSR count). The van der Waals surface area contributed by atoms with E-state index in [-0.39, 0.29) is 29.1 Å². The third-order valence-electron chi connectivity index (χ3n) is 4.29. The third kappa shape index (κ3) is 5.17. The standard InChI is InChI=1S/C18H20Cl2N4O2S2/c1-9(14-7-4-12(19)8-15(14)20)21-16(26)10(2)27-18-23-22-17(28-18)24(11(3)25)13-5-6-13/h4,7-10,13H,5-6H2,1-3H3,(H,21,26). The van der Waals surface area contributed by atoms with E-state index < -0.39 is 0 Å². The van der Waals surface area contributed by atoms with Gasteiger partial charge in [0.05, 0.1) is 11.3 Å². The van der Waals surface area contributed by atoms with Crippen LogP contribution in [0.4, 0.5) is 5.13 Å². The second kappa shape index (κ2) is 8.98. The van der Waals surface area contributed by atoms with Gasteiger partial charge in [-0.15, -0.1) is 10.2 Å². The van der Waals surface area contributed by atoms with Gasteiger partial charge in [0.15, 0.2) is 4.34 Å². The molecule has 10 heteroatoms. The number of aromatic nitrogens is 2. The van der Waals surface area contributed by atoms with Crippen LogP contribution < -0.4 is 10.2 Å². The number of nitrogens with zero attached hydrogens (tertiary/aromatic N) is 3. The Kier molecular flexibility index (Phi) is 6.85. The van der Waals surface area contributed by atoms with E-state index in [1.165, 1.54) is 30.0 Å². The van der Waals surface area contributed by atoms with Crippen LogP contribution in [0.5, 0.6) is 0 Å². The van der Waals surface area contributed by atoms with Crippen molar-refractivity contribution in [3.63, 3.8) is 0 Å². The number of carbonyl (C=O) groups excluding carboxylic acids is 2. The van der Waals surface area contributed by atoms with Gasteiger partial charge in [0.25, 0.3) is 0 Å². The summed E-state index contributed by atoms with van der Waals surface area (Å²) in [4.78, 5) is 26.1. The van der Waals surface area contributed by atoms with Crippen LogP contribution >= 0.6 is 46.3 Å². The predicted molar refractivity (Wildman–Crippen MR) is 114 cm³/mol. The van der Waals surface area contributed by atoms with E-state index in [1.807, 2.05) is 6.92 Å². The molecular weight excluding hydrogens is 439 g/mol. The number of nitrogens with one attached hydrogen (secondary N) is 1. The molecule has 2 unspecified atom stereocenters. The molecule has 6 nitrogen and oxygen atoms in total. The first-order chi connectivity index (χ1) is 13.3. The van der Waals surface area contributed by atoms with Crippen molar-refractivity contribution in [3.8, 4) is 0 Å². The van der Waals surface area contributed by atoms with E-state index in [0.29, 0.717) is 19.5 Å². The summed E-state index contributed by atoms with van der Waals surface area (Å²) >= 11 is 14.8. The first-order valence-electron chi connectivity index (χ1n) is 8.81. The average molecular weight is 459 g/mol. The Bertz CT molecular complexity index is 888. The Morgan fingerprint density at radius 2 is 2.00 bits per heavy atom. The minimum Gasteiger partial charge on any atom is -0.349 e. The zero-order chi connectivity index (χ0) is 20.4. The highest BCUT2D eigenvalue weighted by Gasteiger charge is 2.34. The molecule has 1 N–H and O–H groups in total. The summed E-state index contributed by atoms with van der Waals surface area (Å²) in [5, 5.41) is 12.5. The van der Waals surface area contributed by atoms with Crippen LogP contribution in [0.25, 0.3) is 0 Å². The fourth-order valence-corrected chi connectivity index (χ4v) is 5.38. The molecule has 1 aliphatic carbocycles. The van der Waals surface area contributed by atoms with Gasteiger partial charge in [-0.25, -0.2) is 0 Å². The van der Waals surface area contributed by atoms with Crippen LogP contribution in [0.15, 0.2) is 22.5 Å². The van der Waals surface area contributed by atoms with Crippen molar-refractivity contribution in [2.75, 3.05) is 4.90 Å². The zero-order valence-corrected chi connectivity index (χ0v) is 18.8. The van der Waals surface area contributed by atoms with E-state index in [4.69, 9.17) is 23.2 Å². The van der Waals surface area contributed by atoms with Crippen molar-refractivity contribution in [2.45, 2.75) is 55.3 Å². The zero-order valence-electron chi connectivity index (χ0n) is 15.6. The third-order valence-corrected chi connectivity index (χ3v) is 6.96. The van der Waals surface area contributed by atoms with Crippen LogP contribution in [-0.2, 0) is 9.59 Å². The van der Waals surface area contributed by atoms with E-state index in [2.05, 4.69) is 15.5 Å². The molecule has 28 heavy (non-hydrogen) atoms. The van der Waals surface area contributed by atoms with Crippen LogP contribution in [0.3, 0.4) is 0 Å². The molecule has 1 aromatic heterocycles. The minimum atomic E-state index is -0.374. The number of rotatable bonds is 7. The van der Waals surface area contributed by atoms with Gasteiger partial charge in [0.1, 0.15) is 0 Å². The molecule has 0 aliphatic heterocycles. The molecule has 1 saturated carbocycles. The molecule has 1 fully saturated rings. The summed E-state index contributed by atoms with van der Waals surface area (Å²) in [5.74, 6) is -0.166. The Hall–Kier alpha value is -1.35. The van der Waals surface area contributed by atoms with Crippen molar-refractivity contribution in [2.24, 2.45) is 0 Å². The molecular formula is C18H20Cl2N4O2S2. The van der Waals surface area contributed by atoms with Crippen LogP contribution in [0.1, 0.15) is 45.2 Å². The van der Waals surface area contributed by atoms with Gasteiger partial charge in [-0.3, -0.25) is 14.5 Å². The maximum absolute atomic E-state index is 12.6. The summed E-state index contributed by atoms with van der Waals surface area (Å²) in [6, 6.07) is 5.18. The largest absolute Gasteiger partial charge is 0.349 e. The Morgan fingerprint density at radius 1 is 1.29 bits per heavy atom.